The summed E-state index contributed by atoms with van der Waals surface area (Å²) in [6, 6.07) is 3.33. The van der Waals surface area contributed by atoms with E-state index < -0.39 is 16.8 Å². The van der Waals surface area contributed by atoms with Crippen molar-refractivity contribution in [2.75, 3.05) is 0 Å². The molecule has 0 amide bonds. The first kappa shape index (κ1) is 11.0. The van der Waals surface area contributed by atoms with E-state index in [4.69, 9.17) is 10.2 Å². The van der Waals surface area contributed by atoms with Gasteiger partial charge < -0.3 is 10.2 Å². The van der Waals surface area contributed by atoms with E-state index >= 15 is 0 Å². The van der Waals surface area contributed by atoms with Crippen molar-refractivity contribution in [2.45, 2.75) is 12.8 Å². The van der Waals surface area contributed by atoms with Crippen LogP contribution in [-0.2, 0) is 4.79 Å². The summed E-state index contributed by atoms with van der Waals surface area (Å²) < 4.78 is 0. The lowest BCUT2D eigenvalue weighted by atomic mass is 9.99. The highest BCUT2D eigenvalue weighted by atomic mass is 16.6. The third-order valence-corrected chi connectivity index (χ3v) is 2.04. The maximum absolute atomic E-state index is 10.7. The van der Waals surface area contributed by atoms with Gasteiger partial charge in [0.2, 0.25) is 0 Å². The lowest BCUT2D eigenvalue weighted by molar-refractivity contribution is -0.385. The molecule has 1 unspecified atom stereocenters. The minimum atomic E-state index is -1.18. The summed E-state index contributed by atoms with van der Waals surface area (Å²) in [7, 11) is 0. The molecule has 2 N–H and O–H groups in total. The number of rotatable bonds is 3. The zero-order chi connectivity index (χ0) is 11.6. The number of aliphatic carboxylic acids is 1. The summed E-state index contributed by atoms with van der Waals surface area (Å²) in [5.41, 5.74) is -0.310. The topological polar surface area (TPSA) is 101 Å². The van der Waals surface area contributed by atoms with Gasteiger partial charge in [0.25, 0.3) is 5.69 Å². The Hall–Kier alpha value is -2.11. The molecule has 1 aromatic rings. The first-order valence-corrected chi connectivity index (χ1v) is 4.13. The number of nitrogens with zero attached hydrogens (tertiary/aromatic N) is 1. The fourth-order valence-electron chi connectivity index (χ4n) is 1.19. The van der Waals surface area contributed by atoms with Crippen molar-refractivity contribution in [3.05, 3.63) is 33.9 Å². The van der Waals surface area contributed by atoms with E-state index in [0.717, 1.165) is 18.2 Å². The van der Waals surface area contributed by atoms with Crippen LogP contribution in [-0.4, -0.2) is 21.1 Å². The lowest BCUT2D eigenvalue weighted by Gasteiger charge is -2.07. The van der Waals surface area contributed by atoms with Gasteiger partial charge in [-0.15, -0.1) is 0 Å². The van der Waals surface area contributed by atoms with Crippen LogP contribution in [0.15, 0.2) is 18.2 Å². The molecule has 0 bridgehead atoms. The van der Waals surface area contributed by atoms with Crippen molar-refractivity contribution in [1.82, 2.24) is 0 Å². The number of phenolic OH excluding ortho intramolecular Hbond substituents is 1. The Morgan fingerprint density at radius 2 is 2.13 bits per heavy atom. The van der Waals surface area contributed by atoms with Gasteiger partial charge in [0, 0.05) is 11.6 Å². The fourth-order valence-corrected chi connectivity index (χ4v) is 1.19. The molecular weight excluding hydrogens is 202 g/mol. The molecule has 0 heterocycles. The molecule has 0 aliphatic carbocycles. The predicted molar refractivity (Wildman–Crippen MR) is 50.8 cm³/mol. The highest BCUT2D eigenvalue weighted by Crippen LogP contribution is 2.29. The summed E-state index contributed by atoms with van der Waals surface area (Å²) >= 11 is 0. The van der Waals surface area contributed by atoms with E-state index in [9.17, 15) is 14.9 Å². The number of hydrogen-bond acceptors (Lipinski definition) is 4. The van der Waals surface area contributed by atoms with Crippen molar-refractivity contribution >= 4 is 11.7 Å². The van der Waals surface area contributed by atoms with Gasteiger partial charge in [-0.1, -0.05) is 0 Å². The van der Waals surface area contributed by atoms with Crippen molar-refractivity contribution in [3.63, 3.8) is 0 Å². The second kappa shape index (κ2) is 3.95. The van der Waals surface area contributed by atoms with Crippen molar-refractivity contribution in [1.29, 1.82) is 0 Å². The number of benzene rings is 1. The smallest absolute Gasteiger partial charge is 0.310 e. The van der Waals surface area contributed by atoms with E-state index in [0.29, 0.717) is 0 Å². The van der Waals surface area contributed by atoms with Gasteiger partial charge in [0.05, 0.1) is 10.8 Å². The summed E-state index contributed by atoms with van der Waals surface area (Å²) in [6.45, 7) is 1.32. The molecule has 0 fully saturated rings. The molecule has 0 aliphatic rings. The van der Waals surface area contributed by atoms with E-state index in [2.05, 4.69) is 0 Å². The monoisotopic (exact) mass is 211 g/mol. The number of carboxylic acids is 1. The minimum Gasteiger partial charge on any atom is -0.508 e. The molecular formula is C9H9NO5. The van der Waals surface area contributed by atoms with Crippen LogP contribution in [0.5, 0.6) is 5.75 Å². The maximum atomic E-state index is 10.7. The Morgan fingerprint density at radius 3 is 2.60 bits per heavy atom. The molecule has 1 rings (SSSR count). The zero-order valence-corrected chi connectivity index (χ0v) is 7.88. The van der Waals surface area contributed by atoms with Crippen LogP contribution < -0.4 is 0 Å². The Balaban J connectivity index is 3.30. The quantitative estimate of drug-likeness (QED) is 0.582. The molecule has 0 saturated carbocycles. The summed E-state index contributed by atoms with van der Waals surface area (Å²) in [6.07, 6.45) is 0. The van der Waals surface area contributed by atoms with Crippen molar-refractivity contribution in [2.24, 2.45) is 0 Å². The molecule has 0 aliphatic heterocycles. The second-order valence-electron chi connectivity index (χ2n) is 3.06. The standard InChI is InChI=1S/C9H9NO5/c1-5(9(12)13)7-4-6(11)2-3-8(7)10(14)15/h2-5,11H,1H3,(H,12,13). The first-order chi connectivity index (χ1) is 6.93. The molecule has 0 aromatic heterocycles. The fraction of sp³-hybridized carbons (Fsp3) is 0.222. The molecule has 0 radical (unpaired) electrons. The number of nitro benzene ring substituents is 1. The van der Waals surface area contributed by atoms with Crippen LogP contribution >= 0.6 is 0 Å². The van der Waals surface area contributed by atoms with Gasteiger partial charge in [0.15, 0.2) is 0 Å². The lowest BCUT2D eigenvalue weighted by Crippen LogP contribution is -2.09. The number of carboxylic acid groups (broad SMARTS) is 1. The Morgan fingerprint density at radius 1 is 1.53 bits per heavy atom. The van der Waals surface area contributed by atoms with Gasteiger partial charge in [-0.2, -0.15) is 0 Å². The van der Waals surface area contributed by atoms with Gasteiger partial charge in [-0.25, -0.2) is 0 Å². The molecule has 6 heteroatoms. The van der Waals surface area contributed by atoms with Crippen LogP contribution in [0.1, 0.15) is 18.4 Å². The average molecular weight is 211 g/mol. The van der Waals surface area contributed by atoms with Gasteiger partial charge in [-0.3, -0.25) is 14.9 Å². The number of hydrogen-bond donors (Lipinski definition) is 2. The van der Waals surface area contributed by atoms with Gasteiger partial charge in [0.1, 0.15) is 5.75 Å². The normalized spacial score (nSPS) is 12.1. The van der Waals surface area contributed by atoms with Crippen LogP contribution in [0, 0.1) is 10.1 Å². The summed E-state index contributed by atoms with van der Waals surface area (Å²) in [5.74, 6) is -2.40. The molecule has 80 valence electrons. The summed E-state index contributed by atoms with van der Waals surface area (Å²) in [5, 5.41) is 28.5. The van der Waals surface area contributed by atoms with E-state index in [-0.39, 0.29) is 17.0 Å². The van der Waals surface area contributed by atoms with E-state index in [1.54, 1.807) is 0 Å². The molecule has 0 saturated heterocycles. The molecule has 1 atom stereocenters. The molecule has 15 heavy (non-hydrogen) atoms. The molecule has 6 nitrogen and oxygen atoms in total. The first-order valence-electron chi connectivity index (χ1n) is 4.13. The number of aromatic hydroxyl groups is 1. The maximum Gasteiger partial charge on any atom is 0.310 e. The van der Waals surface area contributed by atoms with Gasteiger partial charge in [-0.05, 0) is 19.1 Å². The SMILES string of the molecule is CC(C(=O)O)c1cc(O)ccc1[N+](=O)[O-]. The zero-order valence-electron chi connectivity index (χ0n) is 7.88. The molecule has 1 aromatic carbocycles. The second-order valence-corrected chi connectivity index (χ2v) is 3.06. The van der Waals surface area contributed by atoms with Crippen LogP contribution in [0.2, 0.25) is 0 Å². The number of carbonyl (C=O) groups is 1. The highest BCUT2D eigenvalue weighted by molar-refractivity contribution is 5.77. The Labute approximate surface area is 84.9 Å². The number of nitro groups is 1. The average Bonchev–Trinajstić information content (AvgIpc) is 2.15. The Bertz CT molecular complexity index is 415. The van der Waals surface area contributed by atoms with Crippen molar-refractivity contribution < 1.29 is 19.9 Å². The minimum absolute atomic E-state index is 0.00694. The Kier molecular flexibility index (Phi) is 2.89. The van der Waals surface area contributed by atoms with Crippen LogP contribution in [0.25, 0.3) is 0 Å². The van der Waals surface area contributed by atoms with Gasteiger partial charge >= 0.3 is 5.97 Å². The van der Waals surface area contributed by atoms with E-state index in [1.807, 2.05) is 0 Å². The number of phenols is 1. The summed E-state index contributed by atoms with van der Waals surface area (Å²) in [4.78, 5) is 20.6. The van der Waals surface area contributed by atoms with Crippen LogP contribution in [0.4, 0.5) is 5.69 Å². The highest BCUT2D eigenvalue weighted by Gasteiger charge is 2.24. The molecule has 0 spiro atoms. The third-order valence-electron chi connectivity index (χ3n) is 2.04. The largest absolute Gasteiger partial charge is 0.508 e. The third kappa shape index (κ3) is 2.22. The van der Waals surface area contributed by atoms with Crippen LogP contribution in [0.3, 0.4) is 0 Å². The predicted octanol–water partition coefficient (Wildman–Crippen LogP) is 1.49. The van der Waals surface area contributed by atoms with E-state index in [1.165, 1.54) is 6.92 Å². The van der Waals surface area contributed by atoms with Crippen molar-refractivity contribution in [3.8, 4) is 5.75 Å².